The summed E-state index contributed by atoms with van der Waals surface area (Å²) in [5.74, 6) is -1.61. The molecule has 2 fully saturated rings. The van der Waals surface area contributed by atoms with Crippen LogP contribution in [0.3, 0.4) is 0 Å². The molecular weight excluding hydrogens is 652 g/mol. The Balaban J connectivity index is 1.15. The molecular formula is C34H30F4N4O5S. The first-order valence-corrected chi connectivity index (χ1v) is 16.1. The second kappa shape index (κ2) is 14.1. The number of amides is 3. The van der Waals surface area contributed by atoms with Crippen LogP contribution >= 0.6 is 11.8 Å². The van der Waals surface area contributed by atoms with Crippen molar-refractivity contribution in [3.63, 3.8) is 0 Å². The Bertz CT molecular complexity index is 1750. The van der Waals surface area contributed by atoms with Gasteiger partial charge in [-0.25, -0.2) is 14.2 Å². The van der Waals surface area contributed by atoms with Crippen molar-refractivity contribution < 1.29 is 41.4 Å². The molecule has 14 heteroatoms. The van der Waals surface area contributed by atoms with E-state index in [1.165, 1.54) is 9.80 Å². The van der Waals surface area contributed by atoms with Gasteiger partial charge in [-0.1, -0.05) is 54.2 Å². The number of likely N-dealkylation sites (tertiary alicyclic amines) is 1. The lowest BCUT2D eigenvalue weighted by Gasteiger charge is -2.23. The number of nitrogens with one attached hydrogen (secondary N) is 1. The smallest absolute Gasteiger partial charge is 0.419 e. The third kappa shape index (κ3) is 7.48. The Labute approximate surface area is 277 Å². The van der Waals surface area contributed by atoms with Gasteiger partial charge in [-0.3, -0.25) is 19.4 Å². The molecule has 3 heterocycles. The molecule has 0 bridgehead atoms. The molecule has 0 spiro atoms. The van der Waals surface area contributed by atoms with Crippen LogP contribution in [0.2, 0.25) is 0 Å². The van der Waals surface area contributed by atoms with Gasteiger partial charge in [0.05, 0.1) is 24.4 Å². The van der Waals surface area contributed by atoms with Crippen molar-refractivity contribution >= 4 is 46.2 Å². The molecule has 6 rings (SSSR count). The van der Waals surface area contributed by atoms with E-state index >= 15 is 0 Å². The molecule has 2 atom stereocenters. The van der Waals surface area contributed by atoms with Crippen molar-refractivity contribution in [2.75, 3.05) is 25.0 Å². The van der Waals surface area contributed by atoms with E-state index in [1.807, 2.05) is 36.4 Å². The highest BCUT2D eigenvalue weighted by molar-refractivity contribution is 8.15. The second-order valence-corrected chi connectivity index (χ2v) is 12.4. The fourth-order valence-electron chi connectivity index (χ4n) is 5.57. The van der Waals surface area contributed by atoms with Gasteiger partial charge in [0.1, 0.15) is 29.5 Å². The predicted molar refractivity (Wildman–Crippen MR) is 171 cm³/mol. The van der Waals surface area contributed by atoms with Crippen LogP contribution in [0.1, 0.15) is 41.2 Å². The Morgan fingerprint density at radius 2 is 1.83 bits per heavy atom. The normalized spacial score (nSPS) is 20.2. The molecule has 9 nitrogen and oxygen atoms in total. The summed E-state index contributed by atoms with van der Waals surface area (Å²) in [6.45, 7) is 0.975. The summed E-state index contributed by atoms with van der Waals surface area (Å²) in [5, 5.41) is 2.18. The van der Waals surface area contributed by atoms with Crippen LogP contribution in [0, 0.1) is 5.82 Å². The molecule has 1 N–H and O–H groups in total. The number of halogens is 4. The van der Waals surface area contributed by atoms with E-state index in [0.29, 0.717) is 61.6 Å². The average Bonchev–Trinajstić information content (AvgIpc) is 3.84. The number of hydrogen-bond donors (Lipinski definition) is 1. The standard InChI is InChI=1S/C34H30F4N4O5S/c35-27-15-14-24(18-26(27)34(36,37)38)40-32-42(19-25-8-5-17-46-25)31(44)29(48-32)22-10-12-23(13-11-22)39-30(43)28-9-4-16-41(28)33(45)47-20-21-6-2-1-3-7-21/h1-3,6-8,10-15,18,28-29H,4-5,9,16-17,19-20H2,(H,39,43)/b40-32-/t28-,29?/m0/s1. The molecule has 2 saturated heterocycles. The van der Waals surface area contributed by atoms with Crippen LogP contribution in [-0.4, -0.2) is 58.6 Å². The summed E-state index contributed by atoms with van der Waals surface area (Å²) in [4.78, 5) is 46.6. The first-order valence-electron chi connectivity index (χ1n) is 15.2. The number of alkyl halides is 3. The van der Waals surface area contributed by atoms with Crippen molar-refractivity contribution in [2.45, 2.75) is 43.3 Å². The number of thioether (sulfide) groups is 1. The van der Waals surface area contributed by atoms with Crippen molar-refractivity contribution in [1.82, 2.24) is 9.80 Å². The SMILES string of the molecule is O=C(Nc1ccc(C2S/C(=N\c3ccc(F)c(C(F)(F)F)c3)N(CC3=CCCO3)C2=O)cc1)[C@@H]1CCCN1C(=O)OCc1ccccc1. The monoisotopic (exact) mass is 682 g/mol. The van der Waals surface area contributed by atoms with Gasteiger partial charge in [-0.2, -0.15) is 13.2 Å². The van der Waals surface area contributed by atoms with E-state index in [-0.39, 0.29) is 35.8 Å². The second-order valence-electron chi connectivity index (χ2n) is 11.3. The van der Waals surface area contributed by atoms with Crippen LogP contribution in [0.25, 0.3) is 0 Å². The molecule has 0 radical (unpaired) electrons. The van der Waals surface area contributed by atoms with Gasteiger partial charge in [0.25, 0.3) is 0 Å². The van der Waals surface area contributed by atoms with Crippen molar-refractivity contribution in [3.8, 4) is 0 Å². The summed E-state index contributed by atoms with van der Waals surface area (Å²) in [6, 6.07) is 17.5. The lowest BCUT2D eigenvalue weighted by molar-refractivity contribution is -0.140. The van der Waals surface area contributed by atoms with Gasteiger partial charge in [0.15, 0.2) is 5.17 Å². The summed E-state index contributed by atoms with van der Waals surface area (Å²) < 4.78 is 64.9. The minimum atomic E-state index is -4.91. The number of anilines is 1. The quantitative estimate of drug-likeness (QED) is 0.253. The lowest BCUT2D eigenvalue weighted by atomic mass is 10.1. The van der Waals surface area contributed by atoms with Crippen LogP contribution < -0.4 is 5.32 Å². The summed E-state index contributed by atoms with van der Waals surface area (Å²) in [7, 11) is 0. The van der Waals surface area contributed by atoms with E-state index < -0.39 is 34.9 Å². The van der Waals surface area contributed by atoms with Crippen LogP contribution in [0.4, 0.5) is 33.7 Å². The molecule has 1 unspecified atom stereocenters. The number of carbonyl (C=O) groups excluding carboxylic acids is 3. The predicted octanol–water partition coefficient (Wildman–Crippen LogP) is 7.19. The van der Waals surface area contributed by atoms with E-state index in [0.717, 1.165) is 23.4 Å². The highest BCUT2D eigenvalue weighted by atomic mass is 32.2. The minimum absolute atomic E-state index is 0.0360. The maximum Gasteiger partial charge on any atom is 0.419 e. The van der Waals surface area contributed by atoms with E-state index in [2.05, 4.69) is 10.3 Å². The van der Waals surface area contributed by atoms with E-state index in [4.69, 9.17) is 9.47 Å². The molecule has 3 aliphatic heterocycles. The molecule has 3 aromatic carbocycles. The van der Waals surface area contributed by atoms with Crippen molar-refractivity contribution in [2.24, 2.45) is 4.99 Å². The number of benzene rings is 3. The lowest BCUT2D eigenvalue weighted by Crippen LogP contribution is -2.43. The molecule has 0 aromatic heterocycles. The summed E-state index contributed by atoms with van der Waals surface area (Å²) in [6.07, 6.45) is -1.87. The van der Waals surface area contributed by atoms with Gasteiger partial charge in [-0.05, 0) is 60.4 Å². The first-order chi connectivity index (χ1) is 23.1. The van der Waals surface area contributed by atoms with Gasteiger partial charge in [0, 0.05) is 18.7 Å². The number of nitrogens with zero attached hydrogens (tertiary/aromatic N) is 3. The summed E-state index contributed by atoms with van der Waals surface area (Å²) >= 11 is 1.05. The third-order valence-electron chi connectivity index (χ3n) is 7.99. The Morgan fingerprint density at radius 3 is 2.54 bits per heavy atom. The van der Waals surface area contributed by atoms with E-state index in [9.17, 15) is 31.9 Å². The molecule has 3 aromatic rings. The maximum atomic E-state index is 13.9. The van der Waals surface area contributed by atoms with Crippen molar-refractivity contribution in [3.05, 3.63) is 107 Å². The van der Waals surface area contributed by atoms with Crippen LogP contribution in [0.5, 0.6) is 0 Å². The molecule has 250 valence electrons. The van der Waals surface area contributed by atoms with Crippen LogP contribution in [0.15, 0.2) is 89.6 Å². The maximum absolute atomic E-state index is 13.9. The fourth-order valence-corrected chi connectivity index (χ4v) is 6.74. The number of amidine groups is 1. The number of hydrogen-bond acceptors (Lipinski definition) is 7. The minimum Gasteiger partial charge on any atom is -0.496 e. The first kappa shape index (κ1) is 33.1. The summed E-state index contributed by atoms with van der Waals surface area (Å²) in [5.41, 5.74) is 0.244. The topological polar surface area (TPSA) is 101 Å². The number of rotatable bonds is 8. The Kier molecular flexibility index (Phi) is 9.71. The fraction of sp³-hybridized carbons (Fsp3) is 0.294. The largest absolute Gasteiger partial charge is 0.496 e. The molecule has 0 aliphatic carbocycles. The van der Waals surface area contributed by atoms with Gasteiger partial charge >= 0.3 is 12.3 Å². The van der Waals surface area contributed by atoms with Gasteiger partial charge < -0.3 is 14.8 Å². The van der Waals surface area contributed by atoms with Gasteiger partial charge in [0.2, 0.25) is 11.8 Å². The third-order valence-corrected chi connectivity index (χ3v) is 9.22. The van der Waals surface area contributed by atoms with Crippen molar-refractivity contribution in [1.29, 1.82) is 0 Å². The van der Waals surface area contributed by atoms with E-state index in [1.54, 1.807) is 24.3 Å². The molecule has 48 heavy (non-hydrogen) atoms. The number of carbonyl (C=O) groups is 3. The highest BCUT2D eigenvalue weighted by Gasteiger charge is 2.41. The Morgan fingerprint density at radius 1 is 1.06 bits per heavy atom. The zero-order valence-corrected chi connectivity index (χ0v) is 26.2. The van der Waals surface area contributed by atoms with Gasteiger partial charge in [-0.15, -0.1) is 0 Å². The zero-order valence-electron chi connectivity index (χ0n) is 25.4. The highest BCUT2D eigenvalue weighted by Crippen LogP contribution is 2.42. The molecule has 0 saturated carbocycles. The number of aliphatic imine (C=N–C) groups is 1. The average molecular weight is 683 g/mol. The van der Waals surface area contributed by atoms with Crippen LogP contribution in [-0.2, 0) is 31.8 Å². The number of ether oxygens (including phenoxy) is 2. The molecule has 3 aliphatic rings. The Hall–Kier alpha value is -4.85. The molecule has 3 amide bonds. The zero-order chi connectivity index (χ0) is 33.8.